The third kappa shape index (κ3) is 4.30. The third-order valence-electron chi connectivity index (χ3n) is 1.92. The van der Waals surface area contributed by atoms with Crippen molar-refractivity contribution in [2.45, 2.75) is 13.8 Å². The van der Waals surface area contributed by atoms with Gasteiger partial charge in [0.2, 0.25) is 0 Å². The number of hydrogen-bond donors (Lipinski definition) is 1. The van der Waals surface area contributed by atoms with Crippen LogP contribution >= 0.6 is 15.9 Å². The summed E-state index contributed by atoms with van der Waals surface area (Å²) in [5, 5.41) is 3.15. The van der Waals surface area contributed by atoms with Crippen molar-refractivity contribution in [1.29, 1.82) is 0 Å². The largest absolute Gasteiger partial charge is 0.368 e. The van der Waals surface area contributed by atoms with Gasteiger partial charge in [0.25, 0.3) is 0 Å². The molecule has 0 bridgehead atoms. The maximum absolute atomic E-state index is 11.2. The Balaban J connectivity index is 2.47. The lowest BCUT2D eigenvalue weighted by Crippen LogP contribution is -2.13. The lowest BCUT2D eigenvalue weighted by atomic mass is 10.3. The van der Waals surface area contributed by atoms with E-state index in [0.717, 1.165) is 15.9 Å². The van der Waals surface area contributed by atoms with Crippen LogP contribution in [0.3, 0.4) is 0 Å². The van der Waals surface area contributed by atoms with E-state index < -0.39 is 10.8 Å². The minimum absolute atomic E-state index is 0.665. The number of anilines is 1. The fraction of sp³-hybridized carbons (Fsp3) is 0.500. The van der Waals surface area contributed by atoms with E-state index in [1.165, 1.54) is 0 Å². The molecule has 1 N–H and O–H groups in total. The van der Waals surface area contributed by atoms with Gasteiger partial charge in [0, 0.05) is 35.0 Å². The zero-order chi connectivity index (χ0) is 11.3. The molecule has 0 aromatic carbocycles. The quantitative estimate of drug-likeness (QED) is 0.905. The van der Waals surface area contributed by atoms with Gasteiger partial charge in [-0.25, -0.2) is 4.98 Å². The average molecular weight is 291 g/mol. The predicted octanol–water partition coefficient (Wildman–Crippen LogP) is 2.33. The van der Waals surface area contributed by atoms with E-state index >= 15 is 0 Å². The Bertz CT molecular complexity index is 357. The second kappa shape index (κ2) is 6.23. The Morgan fingerprint density at radius 3 is 2.93 bits per heavy atom. The van der Waals surface area contributed by atoms with E-state index in [4.69, 9.17) is 0 Å². The van der Waals surface area contributed by atoms with Gasteiger partial charge in [0.1, 0.15) is 5.82 Å². The molecule has 0 aliphatic carbocycles. The topological polar surface area (TPSA) is 42.0 Å². The molecular formula is C10H15BrN2OS. The van der Waals surface area contributed by atoms with Gasteiger partial charge < -0.3 is 5.32 Å². The first-order chi connectivity index (χ1) is 7.13. The van der Waals surface area contributed by atoms with Crippen molar-refractivity contribution >= 4 is 32.5 Å². The summed E-state index contributed by atoms with van der Waals surface area (Å²) in [6.07, 6.45) is 1.81. The Kier molecular flexibility index (Phi) is 5.25. The van der Waals surface area contributed by atoms with Crippen LogP contribution in [0.5, 0.6) is 0 Å². The Hall–Kier alpha value is -0.420. The fourth-order valence-electron chi connectivity index (χ4n) is 1.09. The molecule has 1 heterocycles. The van der Waals surface area contributed by atoms with Gasteiger partial charge in [-0.3, -0.25) is 4.21 Å². The van der Waals surface area contributed by atoms with E-state index in [1.807, 2.05) is 26.1 Å². The summed E-state index contributed by atoms with van der Waals surface area (Å²) in [5.74, 6) is 2.19. The first kappa shape index (κ1) is 12.6. The molecule has 3 nitrogen and oxygen atoms in total. The second-order valence-electron chi connectivity index (χ2n) is 3.20. The zero-order valence-electron chi connectivity index (χ0n) is 8.92. The summed E-state index contributed by atoms with van der Waals surface area (Å²) in [4.78, 5) is 4.24. The molecular weight excluding hydrogens is 276 g/mol. The van der Waals surface area contributed by atoms with Crippen molar-refractivity contribution in [2.75, 3.05) is 23.4 Å². The average Bonchev–Trinajstić information content (AvgIpc) is 2.21. The van der Waals surface area contributed by atoms with E-state index in [1.54, 1.807) is 0 Å². The number of rotatable bonds is 5. The molecule has 0 aliphatic rings. The predicted molar refractivity (Wildman–Crippen MR) is 68.7 cm³/mol. The second-order valence-corrected chi connectivity index (χ2v) is 5.92. The third-order valence-corrected chi connectivity index (χ3v) is 3.83. The molecule has 5 heteroatoms. The molecule has 0 radical (unpaired) electrons. The van der Waals surface area contributed by atoms with Crippen LogP contribution in [0.4, 0.5) is 5.82 Å². The van der Waals surface area contributed by atoms with E-state index in [0.29, 0.717) is 18.1 Å². The first-order valence-corrected chi connectivity index (χ1v) is 7.12. The van der Waals surface area contributed by atoms with Crippen LogP contribution in [0.2, 0.25) is 0 Å². The highest BCUT2D eigenvalue weighted by molar-refractivity contribution is 9.10. The summed E-state index contributed by atoms with van der Waals surface area (Å²) in [7, 11) is -0.717. The number of nitrogens with one attached hydrogen (secondary N) is 1. The molecule has 1 aromatic rings. The maximum Gasteiger partial charge on any atom is 0.140 e. The van der Waals surface area contributed by atoms with Crippen molar-refractivity contribution in [3.63, 3.8) is 0 Å². The molecule has 84 valence electrons. The molecule has 1 unspecified atom stereocenters. The van der Waals surface area contributed by atoms with Crippen LogP contribution in [0, 0.1) is 6.92 Å². The lowest BCUT2D eigenvalue weighted by Gasteiger charge is -2.07. The van der Waals surface area contributed by atoms with Crippen molar-refractivity contribution in [1.82, 2.24) is 4.98 Å². The van der Waals surface area contributed by atoms with Crippen molar-refractivity contribution in [3.05, 3.63) is 22.3 Å². The van der Waals surface area contributed by atoms with E-state index in [9.17, 15) is 4.21 Å². The standard InChI is InChI=1S/C10H15BrN2OS/c1-3-15(14)5-4-12-10-9(11)6-8(2)7-13-10/h6-7H,3-5H2,1-2H3,(H,12,13). The van der Waals surface area contributed by atoms with Gasteiger partial charge in [-0.2, -0.15) is 0 Å². The molecule has 1 aromatic heterocycles. The molecule has 0 saturated heterocycles. The number of halogens is 1. The lowest BCUT2D eigenvalue weighted by molar-refractivity contribution is 0.684. The van der Waals surface area contributed by atoms with Crippen molar-refractivity contribution in [3.8, 4) is 0 Å². The SMILES string of the molecule is CCS(=O)CCNc1ncc(C)cc1Br. The maximum atomic E-state index is 11.2. The highest BCUT2D eigenvalue weighted by atomic mass is 79.9. The smallest absolute Gasteiger partial charge is 0.140 e. The van der Waals surface area contributed by atoms with Gasteiger partial charge in [0.05, 0.1) is 4.47 Å². The number of nitrogens with zero attached hydrogens (tertiary/aromatic N) is 1. The van der Waals surface area contributed by atoms with Crippen LogP contribution in [0.25, 0.3) is 0 Å². The minimum Gasteiger partial charge on any atom is -0.368 e. The molecule has 0 fully saturated rings. The highest BCUT2D eigenvalue weighted by Gasteiger charge is 2.01. The Morgan fingerprint density at radius 2 is 2.33 bits per heavy atom. The summed E-state index contributed by atoms with van der Waals surface area (Å²) in [6.45, 7) is 4.61. The van der Waals surface area contributed by atoms with Gasteiger partial charge >= 0.3 is 0 Å². The molecule has 0 saturated carbocycles. The minimum atomic E-state index is -0.717. The van der Waals surface area contributed by atoms with E-state index in [2.05, 4.69) is 26.2 Å². The van der Waals surface area contributed by atoms with Crippen LogP contribution in [-0.2, 0) is 10.8 Å². The zero-order valence-corrected chi connectivity index (χ0v) is 11.3. The summed E-state index contributed by atoms with van der Waals surface area (Å²) in [6, 6.07) is 2.01. The molecule has 15 heavy (non-hydrogen) atoms. The van der Waals surface area contributed by atoms with Crippen LogP contribution in [0.15, 0.2) is 16.7 Å². The number of pyridine rings is 1. The Labute approximate surface area is 101 Å². The molecule has 1 rings (SSSR count). The van der Waals surface area contributed by atoms with Gasteiger partial charge in [-0.1, -0.05) is 6.92 Å². The summed E-state index contributed by atoms with van der Waals surface area (Å²) in [5.41, 5.74) is 1.12. The normalized spacial score (nSPS) is 12.5. The number of aryl methyl sites for hydroxylation is 1. The Morgan fingerprint density at radius 1 is 1.60 bits per heavy atom. The summed E-state index contributed by atoms with van der Waals surface area (Å²) < 4.78 is 12.1. The van der Waals surface area contributed by atoms with Gasteiger partial charge in [0.15, 0.2) is 0 Å². The van der Waals surface area contributed by atoms with Crippen LogP contribution < -0.4 is 5.32 Å². The molecule has 0 amide bonds. The van der Waals surface area contributed by atoms with Crippen molar-refractivity contribution in [2.24, 2.45) is 0 Å². The van der Waals surface area contributed by atoms with Crippen molar-refractivity contribution < 1.29 is 4.21 Å². The van der Waals surface area contributed by atoms with E-state index in [-0.39, 0.29) is 0 Å². The van der Waals surface area contributed by atoms with Crippen LogP contribution in [-0.4, -0.2) is 27.2 Å². The van der Waals surface area contributed by atoms with Crippen LogP contribution in [0.1, 0.15) is 12.5 Å². The van der Waals surface area contributed by atoms with Gasteiger partial charge in [-0.15, -0.1) is 0 Å². The summed E-state index contributed by atoms with van der Waals surface area (Å²) >= 11 is 3.43. The molecule has 0 aliphatic heterocycles. The van der Waals surface area contributed by atoms with Gasteiger partial charge in [-0.05, 0) is 34.5 Å². The monoisotopic (exact) mass is 290 g/mol. The number of aromatic nitrogens is 1. The molecule has 1 atom stereocenters. The number of hydrogen-bond acceptors (Lipinski definition) is 3. The molecule has 0 spiro atoms. The first-order valence-electron chi connectivity index (χ1n) is 4.84. The fourth-order valence-corrected chi connectivity index (χ4v) is 2.31. The highest BCUT2D eigenvalue weighted by Crippen LogP contribution is 2.19.